The van der Waals surface area contributed by atoms with Gasteiger partial charge in [-0.05, 0) is 55.3 Å². The summed E-state index contributed by atoms with van der Waals surface area (Å²) in [5.41, 5.74) is 3.23. The number of benzene rings is 2. The van der Waals surface area contributed by atoms with Gasteiger partial charge in [-0.1, -0.05) is 6.07 Å². The van der Waals surface area contributed by atoms with E-state index < -0.39 is 12.1 Å². The Morgan fingerprint density at radius 3 is 2.87 bits per heavy atom. The van der Waals surface area contributed by atoms with E-state index in [0.717, 1.165) is 12.0 Å². The van der Waals surface area contributed by atoms with Gasteiger partial charge in [0, 0.05) is 23.7 Å². The van der Waals surface area contributed by atoms with Crippen molar-refractivity contribution in [3.05, 3.63) is 53.6 Å². The molecule has 1 fully saturated rings. The van der Waals surface area contributed by atoms with E-state index in [1.165, 1.54) is 7.11 Å². The molecule has 1 saturated heterocycles. The fraction of sp³-hybridized carbons (Fsp3) is 0.333. The van der Waals surface area contributed by atoms with Crippen LogP contribution in [0.25, 0.3) is 10.9 Å². The Labute approximate surface area is 219 Å². The number of ether oxygens (including phenoxy) is 4. The molecule has 0 radical (unpaired) electrons. The number of methoxy groups -OCH3 is 2. The number of carbonyl (C=O) groups excluding carboxylic acids is 3. The number of fused-ring (bicyclic) bond motifs is 2. The van der Waals surface area contributed by atoms with Crippen molar-refractivity contribution in [1.29, 1.82) is 0 Å². The molecule has 11 heteroatoms. The number of nitrogens with one attached hydrogen (secondary N) is 2. The minimum atomic E-state index is -0.421. The first-order chi connectivity index (χ1) is 18.5. The molecule has 0 bridgehead atoms. The summed E-state index contributed by atoms with van der Waals surface area (Å²) >= 11 is 0. The molecule has 5 rings (SSSR count). The Bertz CT molecular complexity index is 1390. The van der Waals surface area contributed by atoms with Gasteiger partial charge in [0.25, 0.3) is 5.91 Å². The molecule has 2 amide bonds. The van der Waals surface area contributed by atoms with Crippen LogP contribution in [0.3, 0.4) is 0 Å². The van der Waals surface area contributed by atoms with Gasteiger partial charge in [0.05, 0.1) is 37.5 Å². The highest BCUT2D eigenvalue weighted by atomic mass is 16.6. The summed E-state index contributed by atoms with van der Waals surface area (Å²) in [4.78, 5) is 42.4. The highest BCUT2D eigenvalue weighted by Gasteiger charge is 2.32. The topological polar surface area (TPSA) is 128 Å². The SMILES string of the molecule is COC(=O)c1ccc(CNCCCC2CN(c3ccc4c(c3)NC(=O)CO4)C(=O)O2)c2nc(OC)ccc12. The van der Waals surface area contributed by atoms with Crippen LogP contribution in [-0.4, -0.2) is 63.0 Å². The van der Waals surface area contributed by atoms with Crippen molar-refractivity contribution in [2.24, 2.45) is 0 Å². The van der Waals surface area contributed by atoms with Crippen molar-refractivity contribution in [3.63, 3.8) is 0 Å². The van der Waals surface area contributed by atoms with Crippen LogP contribution in [0.5, 0.6) is 11.6 Å². The first-order valence-corrected chi connectivity index (χ1v) is 12.3. The third-order valence-electron chi connectivity index (χ3n) is 6.51. The molecule has 2 aliphatic rings. The summed E-state index contributed by atoms with van der Waals surface area (Å²) in [7, 11) is 2.90. The zero-order valence-corrected chi connectivity index (χ0v) is 21.1. The third kappa shape index (κ3) is 5.18. The molecule has 38 heavy (non-hydrogen) atoms. The lowest BCUT2D eigenvalue weighted by molar-refractivity contribution is -0.118. The predicted octanol–water partition coefficient (Wildman–Crippen LogP) is 3.26. The van der Waals surface area contributed by atoms with Gasteiger partial charge in [0.2, 0.25) is 5.88 Å². The number of pyridine rings is 1. The Balaban J connectivity index is 1.16. The first kappa shape index (κ1) is 25.3. The standard InChI is InChI=1S/C27H28N4O7/c1-35-24-10-8-19-20(26(33)36-2)7-5-16(25(19)30-24)13-28-11-3-4-18-14-31(27(34)38-18)17-6-9-22-21(12-17)29-23(32)15-37-22/h5-10,12,18,28H,3-4,11,13-15H2,1-2H3,(H,29,32). The lowest BCUT2D eigenvalue weighted by Crippen LogP contribution is -2.27. The van der Waals surface area contributed by atoms with Crippen molar-refractivity contribution in [1.82, 2.24) is 10.3 Å². The number of aromatic nitrogens is 1. The number of anilines is 2. The molecule has 3 aromatic rings. The van der Waals surface area contributed by atoms with Crippen LogP contribution >= 0.6 is 0 Å². The smallest absolute Gasteiger partial charge is 0.414 e. The van der Waals surface area contributed by atoms with Gasteiger partial charge >= 0.3 is 12.1 Å². The van der Waals surface area contributed by atoms with E-state index in [1.54, 1.807) is 48.4 Å². The van der Waals surface area contributed by atoms with Gasteiger partial charge < -0.3 is 29.6 Å². The molecular formula is C27H28N4O7. The summed E-state index contributed by atoms with van der Waals surface area (Å²) in [6.07, 6.45) is 0.823. The molecule has 1 unspecified atom stereocenters. The number of esters is 1. The number of hydrogen-bond acceptors (Lipinski definition) is 9. The fourth-order valence-corrected chi connectivity index (χ4v) is 4.60. The summed E-state index contributed by atoms with van der Waals surface area (Å²) < 4.78 is 21.1. The highest BCUT2D eigenvalue weighted by Crippen LogP contribution is 2.34. The average Bonchev–Trinajstić information content (AvgIpc) is 3.31. The molecule has 0 spiro atoms. The van der Waals surface area contributed by atoms with Crippen LogP contribution in [0.4, 0.5) is 16.2 Å². The second-order valence-electron chi connectivity index (χ2n) is 8.97. The Hall–Kier alpha value is -4.38. The first-order valence-electron chi connectivity index (χ1n) is 12.3. The van der Waals surface area contributed by atoms with E-state index >= 15 is 0 Å². The van der Waals surface area contributed by atoms with Crippen LogP contribution in [0.2, 0.25) is 0 Å². The maximum absolute atomic E-state index is 12.5. The largest absolute Gasteiger partial charge is 0.482 e. The lowest BCUT2D eigenvalue weighted by Gasteiger charge is -2.20. The monoisotopic (exact) mass is 520 g/mol. The second kappa shape index (κ2) is 10.9. The maximum Gasteiger partial charge on any atom is 0.414 e. The molecule has 2 aromatic carbocycles. The van der Waals surface area contributed by atoms with Crippen LogP contribution in [-0.2, 0) is 20.8 Å². The van der Waals surface area contributed by atoms with Gasteiger partial charge in [-0.2, -0.15) is 0 Å². The molecule has 3 heterocycles. The van der Waals surface area contributed by atoms with Gasteiger partial charge in [-0.15, -0.1) is 0 Å². The summed E-state index contributed by atoms with van der Waals surface area (Å²) in [6.45, 7) is 1.64. The van der Waals surface area contributed by atoms with Crippen LogP contribution in [0, 0.1) is 0 Å². The van der Waals surface area contributed by atoms with Crippen molar-refractivity contribution < 1.29 is 33.3 Å². The Morgan fingerprint density at radius 1 is 1.18 bits per heavy atom. The number of rotatable bonds is 9. The van der Waals surface area contributed by atoms with Crippen molar-refractivity contribution in [3.8, 4) is 11.6 Å². The lowest BCUT2D eigenvalue weighted by atomic mass is 10.0. The molecule has 1 aromatic heterocycles. The number of amides is 2. The molecule has 11 nitrogen and oxygen atoms in total. The molecule has 198 valence electrons. The second-order valence-corrected chi connectivity index (χ2v) is 8.97. The summed E-state index contributed by atoms with van der Waals surface area (Å²) in [5, 5.41) is 6.86. The Kier molecular flexibility index (Phi) is 7.27. The normalized spacial score (nSPS) is 16.5. The predicted molar refractivity (Wildman–Crippen MR) is 139 cm³/mol. The van der Waals surface area contributed by atoms with E-state index in [9.17, 15) is 14.4 Å². The Morgan fingerprint density at radius 2 is 2.05 bits per heavy atom. The zero-order valence-electron chi connectivity index (χ0n) is 21.1. The molecule has 1 atom stereocenters. The van der Waals surface area contributed by atoms with Gasteiger partial charge in [-0.25, -0.2) is 14.6 Å². The van der Waals surface area contributed by atoms with E-state index in [4.69, 9.17) is 18.9 Å². The maximum atomic E-state index is 12.5. The van der Waals surface area contributed by atoms with E-state index in [-0.39, 0.29) is 18.6 Å². The molecule has 2 aliphatic heterocycles. The van der Waals surface area contributed by atoms with Crippen molar-refractivity contribution in [2.45, 2.75) is 25.5 Å². The van der Waals surface area contributed by atoms with Crippen molar-refractivity contribution in [2.75, 3.05) is 44.1 Å². The molecular weight excluding hydrogens is 492 g/mol. The quantitative estimate of drug-likeness (QED) is 0.323. The van der Waals surface area contributed by atoms with Crippen LogP contribution in [0.15, 0.2) is 42.5 Å². The van der Waals surface area contributed by atoms with Crippen molar-refractivity contribution >= 4 is 40.2 Å². The molecule has 0 aliphatic carbocycles. The number of nitrogens with zero attached hydrogens (tertiary/aromatic N) is 2. The van der Waals surface area contributed by atoms with Gasteiger partial charge in [0.15, 0.2) is 6.61 Å². The van der Waals surface area contributed by atoms with E-state index in [2.05, 4.69) is 15.6 Å². The third-order valence-corrected chi connectivity index (χ3v) is 6.51. The summed E-state index contributed by atoms with van der Waals surface area (Å²) in [6, 6.07) is 12.4. The molecule has 2 N–H and O–H groups in total. The highest BCUT2D eigenvalue weighted by molar-refractivity contribution is 6.04. The number of carbonyl (C=O) groups is 3. The van der Waals surface area contributed by atoms with Gasteiger partial charge in [0.1, 0.15) is 11.9 Å². The minimum absolute atomic E-state index is 0.0199. The van der Waals surface area contributed by atoms with Gasteiger partial charge in [-0.3, -0.25) is 9.69 Å². The minimum Gasteiger partial charge on any atom is -0.482 e. The van der Waals surface area contributed by atoms with Crippen LogP contribution in [0.1, 0.15) is 28.8 Å². The average molecular weight is 521 g/mol. The van der Waals surface area contributed by atoms with Crippen LogP contribution < -0.4 is 25.0 Å². The number of hydrogen-bond donors (Lipinski definition) is 2. The molecule has 0 saturated carbocycles. The van der Waals surface area contributed by atoms with E-state index in [1.807, 2.05) is 6.07 Å². The zero-order chi connectivity index (χ0) is 26.6. The van der Waals surface area contributed by atoms with E-state index in [0.29, 0.717) is 65.5 Å². The summed E-state index contributed by atoms with van der Waals surface area (Å²) in [5.74, 6) is 0.383. The number of cyclic esters (lactones) is 1. The fourth-order valence-electron chi connectivity index (χ4n) is 4.60.